The minimum atomic E-state index is -1.23. The summed E-state index contributed by atoms with van der Waals surface area (Å²) in [6.45, 7) is 3.82. The standard InChI is InChI=1S/C23H22N2O6S/c1-23(2)17(22(30)31-12-13-8-4-3-5-9-13)25-19(27)16(20(25)32-23)24-18(26)14-10-6-7-11-15(14)21(28)29/h3-11,16-17,20H,12H2,1-2H3,(H,24,26)(H,28,29)/t16-,17-,20-/m0/s1. The highest BCUT2D eigenvalue weighted by molar-refractivity contribution is 8.01. The number of benzene rings is 2. The van der Waals surface area contributed by atoms with Gasteiger partial charge in [0.05, 0.1) is 11.1 Å². The Labute approximate surface area is 188 Å². The van der Waals surface area contributed by atoms with Crippen molar-refractivity contribution in [3.8, 4) is 0 Å². The molecule has 3 atom stereocenters. The van der Waals surface area contributed by atoms with E-state index < -0.39 is 46.0 Å². The van der Waals surface area contributed by atoms with E-state index in [-0.39, 0.29) is 17.7 Å². The number of aromatic carboxylic acids is 1. The molecule has 0 aliphatic carbocycles. The number of carboxylic acids is 1. The Kier molecular flexibility index (Phi) is 5.68. The highest BCUT2D eigenvalue weighted by atomic mass is 32.2. The van der Waals surface area contributed by atoms with E-state index in [1.807, 2.05) is 44.2 Å². The molecule has 2 aliphatic rings. The number of amides is 2. The number of carbonyl (C=O) groups excluding carboxylic acids is 3. The van der Waals surface area contributed by atoms with Gasteiger partial charge in [-0.25, -0.2) is 9.59 Å². The van der Waals surface area contributed by atoms with Crippen LogP contribution in [0.15, 0.2) is 54.6 Å². The molecular weight excluding hydrogens is 432 g/mol. The molecule has 4 rings (SSSR count). The average molecular weight is 455 g/mol. The summed E-state index contributed by atoms with van der Waals surface area (Å²) in [5, 5.41) is 11.5. The molecule has 2 fully saturated rings. The molecule has 0 aromatic heterocycles. The topological polar surface area (TPSA) is 113 Å². The molecule has 166 valence electrons. The molecule has 0 unspecified atom stereocenters. The first-order valence-corrected chi connectivity index (χ1v) is 10.9. The Morgan fingerprint density at radius 1 is 1.06 bits per heavy atom. The minimum Gasteiger partial charge on any atom is -0.478 e. The van der Waals surface area contributed by atoms with Gasteiger partial charge in [-0.05, 0) is 31.5 Å². The number of fused-ring (bicyclic) bond motifs is 1. The second kappa shape index (κ2) is 8.31. The summed E-state index contributed by atoms with van der Waals surface area (Å²) in [5.74, 6) is -2.76. The van der Waals surface area contributed by atoms with E-state index in [9.17, 15) is 24.3 Å². The molecule has 2 saturated heterocycles. The van der Waals surface area contributed by atoms with Crippen LogP contribution in [-0.4, -0.2) is 56.0 Å². The Hall–Kier alpha value is -3.33. The van der Waals surface area contributed by atoms with Crippen LogP contribution in [0.2, 0.25) is 0 Å². The van der Waals surface area contributed by atoms with Crippen LogP contribution in [0.1, 0.15) is 40.1 Å². The third kappa shape index (κ3) is 3.84. The van der Waals surface area contributed by atoms with Gasteiger partial charge in [-0.2, -0.15) is 0 Å². The van der Waals surface area contributed by atoms with Gasteiger partial charge >= 0.3 is 11.9 Å². The first-order chi connectivity index (χ1) is 15.2. The zero-order valence-electron chi connectivity index (χ0n) is 17.5. The monoisotopic (exact) mass is 454 g/mol. The third-order valence-electron chi connectivity index (χ3n) is 5.58. The van der Waals surface area contributed by atoms with Crippen LogP contribution < -0.4 is 5.32 Å². The maximum atomic E-state index is 12.9. The van der Waals surface area contributed by atoms with Crippen molar-refractivity contribution in [1.29, 1.82) is 0 Å². The summed E-state index contributed by atoms with van der Waals surface area (Å²) in [6, 6.07) is 13.4. The molecule has 2 amide bonds. The minimum absolute atomic E-state index is 0.0210. The van der Waals surface area contributed by atoms with E-state index in [1.54, 1.807) is 6.07 Å². The van der Waals surface area contributed by atoms with E-state index in [0.717, 1.165) is 5.56 Å². The number of carbonyl (C=O) groups is 4. The molecule has 2 aromatic rings. The second-order valence-electron chi connectivity index (χ2n) is 8.16. The summed E-state index contributed by atoms with van der Waals surface area (Å²) in [5.41, 5.74) is 0.681. The Morgan fingerprint density at radius 2 is 1.69 bits per heavy atom. The lowest BCUT2D eigenvalue weighted by atomic mass is 9.95. The van der Waals surface area contributed by atoms with E-state index in [0.29, 0.717) is 0 Å². The summed E-state index contributed by atoms with van der Waals surface area (Å²) < 4.78 is 4.86. The molecule has 9 heteroatoms. The number of β-lactam (4-membered cyclic amide) rings is 1. The molecule has 0 spiro atoms. The van der Waals surface area contributed by atoms with Crippen molar-refractivity contribution in [2.75, 3.05) is 0 Å². The first-order valence-electron chi connectivity index (χ1n) is 10.0. The molecule has 0 radical (unpaired) electrons. The second-order valence-corrected chi connectivity index (χ2v) is 9.93. The predicted octanol–water partition coefficient (Wildman–Crippen LogP) is 2.29. The average Bonchev–Trinajstić information content (AvgIpc) is 3.04. The summed E-state index contributed by atoms with van der Waals surface area (Å²) >= 11 is 1.41. The lowest BCUT2D eigenvalue weighted by molar-refractivity contribution is -0.164. The number of hydrogen-bond donors (Lipinski definition) is 2. The fourth-order valence-corrected chi connectivity index (χ4v) is 5.64. The molecule has 2 heterocycles. The van der Waals surface area contributed by atoms with Gasteiger partial charge in [0.2, 0.25) is 5.91 Å². The van der Waals surface area contributed by atoms with Crippen LogP contribution in [0.5, 0.6) is 0 Å². The maximum absolute atomic E-state index is 12.9. The zero-order valence-corrected chi connectivity index (χ0v) is 18.3. The van der Waals surface area contributed by atoms with Crippen LogP contribution >= 0.6 is 11.8 Å². The molecule has 2 aliphatic heterocycles. The summed E-state index contributed by atoms with van der Waals surface area (Å²) in [4.78, 5) is 51.3. The molecule has 2 N–H and O–H groups in total. The number of rotatable bonds is 6. The fourth-order valence-electron chi connectivity index (χ4n) is 4.02. The van der Waals surface area contributed by atoms with Gasteiger partial charge in [0.25, 0.3) is 5.91 Å². The SMILES string of the molecule is CC1(C)S[C@H]2[C@@H](NC(=O)c3ccccc3C(=O)O)C(=O)N2[C@H]1C(=O)OCc1ccccc1. The third-order valence-corrected chi connectivity index (χ3v) is 7.15. The number of thioether (sulfide) groups is 1. The number of nitrogens with one attached hydrogen (secondary N) is 1. The van der Waals surface area contributed by atoms with Gasteiger partial charge in [-0.3, -0.25) is 9.59 Å². The van der Waals surface area contributed by atoms with Crippen LogP contribution in [0.25, 0.3) is 0 Å². The Bertz CT molecular complexity index is 1090. The van der Waals surface area contributed by atoms with Crippen molar-refractivity contribution < 1.29 is 29.0 Å². The Morgan fingerprint density at radius 3 is 2.34 bits per heavy atom. The molecule has 32 heavy (non-hydrogen) atoms. The largest absolute Gasteiger partial charge is 0.478 e. The number of carboxylic acid groups (broad SMARTS) is 1. The van der Waals surface area contributed by atoms with Crippen molar-refractivity contribution in [2.24, 2.45) is 0 Å². The Balaban J connectivity index is 1.46. The van der Waals surface area contributed by atoms with E-state index in [1.165, 1.54) is 34.9 Å². The summed E-state index contributed by atoms with van der Waals surface area (Å²) in [7, 11) is 0. The van der Waals surface area contributed by atoms with Crippen molar-refractivity contribution in [3.05, 3.63) is 71.3 Å². The molecule has 8 nitrogen and oxygen atoms in total. The van der Waals surface area contributed by atoms with Gasteiger partial charge in [-0.1, -0.05) is 42.5 Å². The predicted molar refractivity (Wildman–Crippen MR) is 117 cm³/mol. The highest BCUT2D eigenvalue weighted by Gasteiger charge is 2.64. The number of hydrogen-bond acceptors (Lipinski definition) is 6. The lowest BCUT2D eigenvalue weighted by Crippen LogP contribution is -2.70. The normalized spacial score (nSPS) is 23.1. The fraction of sp³-hybridized carbons (Fsp3) is 0.304. The van der Waals surface area contributed by atoms with Crippen LogP contribution in [0.3, 0.4) is 0 Å². The van der Waals surface area contributed by atoms with Crippen LogP contribution in [0, 0.1) is 0 Å². The maximum Gasteiger partial charge on any atom is 0.336 e. The van der Waals surface area contributed by atoms with Crippen LogP contribution in [-0.2, 0) is 20.9 Å². The molecule has 2 aromatic carbocycles. The van der Waals surface area contributed by atoms with Crippen molar-refractivity contribution in [2.45, 2.75) is 42.7 Å². The van der Waals surface area contributed by atoms with Crippen molar-refractivity contribution in [1.82, 2.24) is 10.2 Å². The van der Waals surface area contributed by atoms with Gasteiger partial charge in [0, 0.05) is 4.75 Å². The van der Waals surface area contributed by atoms with Gasteiger partial charge in [-0.15, -0.1) is 11.8 Å². The van der Waals surface area contributed by atoms with Gasteiger partial charge < -0.3 is 20.1 Å². The highest BCUT2D eigenvalue weighted by Crippen LogP contribution is 2.51. The van der Waals surface area contributed by atoms with Gasteiger partial charge in [0.1, 0.15) is 24.1 Å². The zero-order chi connectivity index (χ0) is 23.0. The van der Waals surface area contributed by atoms with E-state index in [4.69, 9.17) is 4.74 Å². The summed E-state index contributed by atoms with van der Waals surface area (Å²) in [6.07, 6.45) is 0. The molecule has 0 saturated carbocycles. The smallest absolute Gasteiger partial charge is 0.336 e. The van der Waals surface area contributed by atoms with Gasteiger partial charge in [0.15, 0.2) is 0 Å². The number of ether oxygens (including phenoxy) is 1. The molecule has 0 bridgehead atoms. The quantitative estimate of drug-likeness (QED) is 0.509. The lowest BCUT2D eigenvalue weighted by Gasteiger charge is -2.44. The van der Waals surface area contributed by atoms with Crippen molar-refractivity contribution >= 4 is 35.5 Å². The molecular formula is C23H22N2O6S. The van der Waals surface area contributed by atoms with E-state index in [2.05, 4.69) is 5.32 Å². The van der Waals surface area contributed by atoms with E-state index >= 15 is 0 Å². The number of nitrogens with zero attached hydrogens (tertiary/aromatic N) is 1. The first kappa shape index (κ1) is 21.9. The van der Waals surface area contributed by atoms with Crippen molar-refractivity contribution in [3.63, 3.8) is 0 Å². The number of esters is 1. The van der Waals surface area contributed by atoms with Crippen LogP contribution in [0.4, 0.5) is 0 Å².